The Kier molecular flexibility index (Phi) is 17.1. The van der Waals surface area contributed by atoms with Crippen molar-refractivity contribution in [1.29, 1.82) is 0 Å². The molecule has 0 aromatic carbocycles. The molecule has 1 unspecified atom stereocenters. The molecule has 0 saturated heterocycles. The molecule has 0 heterocycles. The molecule has 3 N–H and O–H groups in total. The molecular weight excluding hydrogens is 388 g/mol. The highest BCUT2D eigenvalue weighted by Crippen LogP contribution is 2.14. The Morgan fingerprint density at radius 1 is 0.733 bits per heavy atom. The van der Waals surface area contributed by atoms with Gasteiger partial charge in [-0.15, -0.1) is 0 Å². The monoisotopic (exact) mass is 430 g/mol. The molecule has 0 bridgehead atoms. The summed E-state index contributed by atoms with van der Waals surface area (Å²) in [5.74, 6) is -2.04. The fraction of sp³-hybridized carbons (Fsp3) is 0.864. The van der Waals surface area contributed by atoms with Gasteiger partial charge >= 0.3 is 11.9 Å². The van der Waals surface area contributed by atoms with Crippen molar-refractivity contribution in [3.05, 3.63) is 0 Å². The number of hydrogen-bond acceptors (Lipinski definition) is 5. The molecule has 0 aromatic rings. The summed E-state index contributed by atoms with van der Waals surface area (Å²) in [6.45, 7) is 4.21. The van der Waals surface area contributed by atoms with Gasteiger partial charge in [-0.3, -0.25) is 19.3 Å². The van der Waals surface area contributed by atoms with Crippen LogP contribution in [0.1, 0.15) is 90.9 Å². The summed E-state index contributed by atoms with van der Waals surface area (Å²) < 4.78 is 0. The molecule has 0 aromatic heterocycles. The number of carbonyl (C=O) groups is 3. The zero-order valence-electron chi connectivity index (χ0n) is 18.9. The average molecular weight is 431 g/mol. The first-order valence-electron chi connectivity index (χ1n) is 11.4. The number of aliphatic hydroxyl groups is 1. The second-order valence-electron chi connectivity index (χ2n) is 7.84. The quantitative estimate of drug-likeness (QED) is 0.200. The molecule has 0 aliphatic carbocycles. The van der Waals surface area contributed by atoms with Crippen molar-refractivity contribution in [2.75, 3.05) is 26.2 Å². The largest absolute Gasteiger partial charge is 0.481 e. The molecule has 0 saturated carbocycles. The van der Waals surface area contributed by atoms with E-state index in [1.807, 2.05) is 0 Å². The Morgan fingerprint density at radius 3 is 1.63 bits per heavy atom. The summed E-state index contributed by atoms with van der Waals surface area (Å²) in [6.07, 6.45) is 10.1. The van der Waals surface area contributed by atoms with Crippen molar-refractivity contribution in [2.45, 2.75) is 97.1 Å². The first kappa shape index (κ1) is 28.3. The minimum atomic E-state index is -0.975. The van der Waals surface area contributed by atoms with Crippen LogP contribution in [0.5, 0.6) is 0 Å². The van der Waals surface area contributed by atoms with Gasteiger partial charge in [-0.05, 0) is 13.3 Å². The molecule has 0 aliphatic rings. The van der Waals surface area contributed by atoms with E-state index < -0.39 is 18.1 Å². The normalized spacial score (nSPS) is 12.1. The van der Waals surface area contributed by atoms with Crippen molar-refractivity contribution < 1.29 is 29.7 Å². The number of nitrogens with zero attached hydrogens (tertiary/aromatic N) is 2. The highest BCUT2D eigenvalue weighted by Gasteiger charge is 2.25. The number of carboxylic acids is 2. The van der Waals surface area contributed by atoms with Crippen LogP contribution in [0, 0.1) is 0 Å². The number of rotatable bonds is 20. The lowest BCUT2D eigenvalue weighted by molar-refractivity contribution is -0.140. The minimum Gasteiger partial charge on any atom is -0.481 e. The van der Waals surface area contributed by atoms with Crippen LogP contribution < -0.4 is 0 Å². The summed E-state index contributed by atoms with van der Waals surface area (Å²) in [5, 5.41) is 27.3. The van der Waals surface area contributed by atoms with E-state index in [1.165, 1.54) is 43.4 Å². The first-order valence-corrected chi connectivity index (χ1v) is 11.4. The third-order valence-electron chi connectivity index (χ3n) is 5.36. The summed E-state index contributed by atoms with van der Waals surface area (Å²) in [5.41, 5.74) is 0. The minimum absolute atomic E-state index is 0.0878. The standard InChI is InChI=1S/C22H42N2O6/c1-3-4-5-6-7-8-9-10-11-12-20(26)24(17-18-25)19(2)23(15-13-21(27)28)16-14-22(29)30/h19,25H,3-18H2,1-2H3,(H,27,28)(H,29,30). The third-order valence-corrected chi connectivity index (χ3v) is 5.36. The smallest absolute Gasteiger partial charge is 0.304 e. The zero-order chi connectivity index (χ0) is 22.8. The molecule has 8 heteroatoms. The molecule has 1 atom stereocenters. The highest BCUT2D eigenvalue weighted by atomic mass is 16.4. The van der Waals surface area contributed by atoms with E-state index >= 15 is 0 Å². The second-order valence-corrected chi connectivity index (χ2v) is 7.84. The van der Waals surface area contributed by atoms with E-state index in [9.17, 15) is 19.5 Å². The highest BCUT2D eigenvalue weighted by molar-refractivity contribution is 5.76. The lowest BCUT2D eigenvalue weighted by Crippen LogP contribution is -2.51. The van der Waals surface area contributed by atoms with E-state index in [4.69, 9.17) is 10.2 Å². The lowest BCUT2D eigenvalue weighted by atomic mass is 10.1. The molecule has 0 radical (unpaired) electrons. The van der Waals surface area contributed by atoms with Crippen molar-refractivity contribution in [3.63, 3.8) is 0 Å². The summed E-state index contributed by atoms with van der Waals surface area (Å²) in [6, 6.07) is 0. The third kappa shape index (κ3) is 14.3. The number of hydrogen-bond donors (Lipinski definition) is 3. The molecule has 0 fully saturated rings. The number of unbranched alkanes of at least 4 members (excludes halogenated alkanes) is 8. The van der Waals surface area contributed by atoms with Gasteiger partial charge in [0.05, 0.1) is 25.6 Å². The molecule has 0 rings (SSSR count). The van der Waals surface area contributed by atoms with Gasteiger partial charge < -0.3 is 20.2 Å². The van der Waals surface area contributed by atoms with Crippen LogP contribution in [0.4, 0.5) is 0 Å². The Morgan fingerprint density at radius 2 is 1.20 bits per heavy atom. The topological polar surface area (TPSA) is 118 Å². The Balaban J connectivity index is 4.54. The lowest BCUT2D eigenvalue weighted by Gasteiger charge is -2.37. The maximum Gasteiger partial charge on any atom is 0.304 e. The van der Waals surface area contributed by atoms with Crippen LogP contribution in [0.15, 0.2) is 0 Å². The Labute approximate surface area is 181 Å². The van der Waals surface area contributed by atoms with Gasteiger partial charge in [0.2, 0.25) is 5.91 Å². The summed E-state index contributed by atoms with van der Waals surface area (Å²) in [7, 11) is 0. The SMILES string of the molecule is CCCCCCCCCCCC(=O)N(CCO)C(C)N(CCC(=O)O)CCC(=O)O. The van der Waals surface area contributed by atoms with Crippen molar-refractivity contribution in [1.82, 2.24) is 9.80 Å². The molecular formula is C22H42N2O6. The van der Waals surface area contributed by atoms with Crippen LogP contribution in [0.25, 0.3) is 0 Å². The predicted molar refractivity (Wildman–Crippen MR) is 116 cm³/mol. The van der Waals surface area contributed by atoms with Crippen molar-refractivity contribution in [3.8, 4) is 0 Å². The summed E-state index contributed by atoms with van der Waals surface area (Å²) in [4.78, 5) is 37.8. The van der Waals surface area contributed by atoms with E-state index in [1.54, 1.807) is 11.8 Å². The number of amides is 1. The van der Waals surface area contributed by atoms with E-state index in [0.29, 0.717) is 6.42 Å². The van der Waals surface area contributed by atoms with Gasteiger partial charge in [0, 0.05) is 26.1 Å². The van der Waals surface area contributed by atoms with E-state index in [2.05, 4.69) is 6.92 Å². The number of aliphatic hydroxyl groups excluding tert-OH is 1. The molecule has 0 spiro atoms. The van der Waals surface area contributed by atoms with Gasteiger partial charge in [-0.1, -0.05) is 58.3 Å². The number of carbonyl (C=O) groups excluding carboxylic acids is 1. The van der Waals surface area contributed by atoms with Gasteiger partial charge in [0.1, 0.15) is 0 Å². The first-order chi connectivity index (χ1) is 14.3. The number of aliphatic carboxylic acids is 2. The molecule has 176 valence electrons. The van der Waals surface area contributed by atoms with Crippen LogP contribution in [0.3, 0.4) is 0 Å². The van der Waals surface area contributed by atoms with Gasteiger partial charge in [0.15, 0.2) is 0 Å². The Hall–Kier alpha value is -1.67. The van der Waals surface area contributed by atoms with Crippen LogP contribution in [0.2, 0.25) is 0 Å². The molecule has 30 heavy (non-hydrogen) atoms. The maximum absolute atomic E-state index is 12.7. The van der Waals surface area contributed by atoms with Crippen LogP contribution >= 0.6 is 0 Å². The van der Waals surface area contributed by atoms with E-state index in [0.717, 1.165) is 19.3 Å². The van der Waals surface area contributed by atoms with Crippen molar-refractivity contribution >= 4 is 17.8 Å². The zero-order valence-corrected chi connectivity index (χ0v) is 18.9. The predicted octanol–water partition coefficient (Wildman–Crippen LogP) is 3.33. The molecule has 0 aliphatic heterocycles. The average Bonchev–Trinajstić information content (AvgIpc) is 2.69. The van der Waals surface area contributed by atoms with Gasteiger partial charge in [0.25, 0.3) is 0 Å². The van der Waals surface area contributed by atoms with Crippen LogP contribution in [-0.2, 0) is 14.4 Å². The van der Waals surface area contributed by atoms with Gasteiger partial charge in [-0.25, -0.2) is 0 Å². The van der Waals surface area contributed by atoms with Crippen LogP contribution in [-0.4, -0.2) is 75.4 Å². The molecule has 8 nitrogen and oxygen atoms in total. The van der Waals surface area contributed by atoms with Crippen molar-refractivity contribution in [2.24, 2.45) is 0 Å². The second kappa shape index (κ2) is 18.1. The maximum atomic E-state index is 12.7. The van der Waals surface area contributed by atoms with Gasteiger partial charge in [-0.2, -0.15) is 0 Å². The van der Waals surface area contributed by atoms with E-state index in [-0.39, 0.29) is 45.0 Å². The fourth-order valence-corrected chi connectivity index (χ4v) is 3.52. The molecule has 1 amide bonds. The fourth-order valence-electron chi connectivity index (χ4n) is 3.52. The number of carboxylic acid groups (broad SMARTS) is 2. The Bertz CT molecular complexity index is 468. The summed E-state index contributed by atoms with van der Waals surface area (Å²) >= 11 is 0.